The van der Waals surface area contributed by atoms with Gasteiger partial charge in [0.2, 0.25) is 0 Å². The van der Waals surface area contributed by atoms with Gasteiger partial charge < -0.3 is 4.74 Å². The van der Waals surface area contributed by atoms with Gasteiger partial charge >= 0.3 is 0 Å². The highest BCUT2D eigenvalue weighted by Gasteiger charge is 2.04. The summed E-state index contributed by atoms with van der Waals surface area (Å²) in [5, 5.41) is 0. The van der Waals surface area contributed by atoms with Gasteiger partial charge in [0.15, 0.2) is 0 Å². The van der Waals surface area contributed by atoms with Crippen molar-refractivity contribution < 1.29 is 4.74 Å². The fourth-order valence-electron chi connectivity index (χ4n) is 1.72. The number of nitrogens with zero attached hydrogens (tertiary/aromatic N) is 1. The zero-order chi connectivity index (χ0) is 12.8. The van der Waals surface area contributed by atoms with Crippen molar-refractivity contribution in [3.05, 3.63) is 66.0 Å². The Morgan fingerprint density at radius 1 is 1.17 bits per heavy atom. The molecule has 2 rings (SSSR count). The maximum Gasteiger partial charge on any atom is 0.122 e. The number of aromatic nitrogens is 1. The van der Waals surface area contributed by atoms with Gasteiger partial charge in [-0.3, -0.25) is 4.98 Å². The first kappa shape index (κ1) is 12.4. The van der Waals surface area contributed by atoms with E-state index >= 15 is 0 Å². The summed E-state index contributed by atoms with van der Waals surface area (Å²) in [6, 6.07) is 14.1. The molecule has 1 aromatic carbocycles. The zero-order valence-electron chi connectivity index (χ0n) is 10.7. The van der Waals surface area contributed by atoms with Gasteiger partial charge in [-0.25, -0.2) is 0 Å². The standard InChI is InChI=1S/C16H17NO/c1-13(8-9-14-6-4-3-5-7-14)16-12-15(18-2)10-11-17-16/h3-13H,1-2H3/b9-8+. The van der Waals surface area contributed by atoms with E-state index in [9.17, 15) is 0 Å². The van der Waals surface area contributed by atoms with Crippen LogP contribution in [0.5, 0.6) is 5.75 Å². The zero-order valence-corrected chi connectivity index (χ0v) is 10.7. The molecule has 0 bridgehead atoms. The minimum atomic E-state index is 0.264. The van der Waals surface area contributed by atoms with Crippen molar-refractivity contribution in [2.75, 3.05) is 7.11 Å². The smallest absolute Gasteiger partial charge is 0.122 e. The number of benzene rings is 1. The van der Waals surface area contributed by atoms with E-state index in [-0.39, 0.29) is 5.92 Å². The van der Waals surface area contributed by atoms with Gasteiger partial charge in [0.25, 0.3) is 0 Å². The molecule has 0 spiro atoms. The van der Waals surface area contributed by atoms with Gasteiger partial charge in [-0.05, 0) is 11.6 Å². The first-order valence-corrected chi connectivity index (χ1v) is 6.03. The molecular weight excluding hydrogens is 222 g/mol. The van der Waals surface area contributed by atoms with E-state index < -0.39 is 0 Å². The van der Waals surface area contributed by atoms with Crippen LogP contribution < -0.4 is 4.74 Å². The lowest BCUT2D eigenvalue weighted by atomic mass is 10.0. The minimum Gasteiger partial charge on any atom is -0.497 e. The van der Waals surface area contributed by atoms with Crippen molar-refractivity contribution in [3.63, 3.8) is 0 Å². The van der Waals surface area contributed by atoms with E-state index in [4.69, 9.17) is 4.74 Å². The molecular formula is C16H17NO. The van der Waals surface area contributed by atoms with Crippen molar-refractivity contribution in [3.8, 4) is 5.75 Å². The van der Waals surface area contributed by atoms with Gasteiger partial charge in [-0.1, -0.05) is 49.4 Å². The molecule has 0 aliphatic heterocycles. The number of hydrogen-bond acceptors (Lipinski definition) is 2. The summed E-state index contributed by atoms with van der Waals surface area (Å²) in [6.07, 6.45) is 6.05. The van der Waals surface area contributed by atoms with Gasteiger partial charge in [-0.2, -0.15) is 0 Å². The SMILES string of the molecule is COc1ccnc(C(C)/C=C/c2ccccc2)c1. The van der Waals surface area contributed by atoms with E-state index in [2.05, 4.69) is 36.2 Å². The van der Waals surface area contributed by atoms with Crippen LogP contribution >= 0.6 is 0 Å². The summed E-state index contributed by atoms with van der Waals surface area (Å²) in [5.41, 5.74) is 2.22. The molecule has 2 nitrogen and oxygen atoms in total. The van der Waals surface area contributed by atoms with E-state index in [0.29, 0.717) is 0 Å². The average molecular weight is 239 g/mol. The normalized spacial score (nSPS) is 12.6. The minimum absolute atomic E-state index is 0.264. The second-order valence-electron chi connectivity index (χ2n) is 4.18. The Bertz CT molecular complexity index is 520. The molecule has 0 aliphatic carbocycles. The van der Waals surface area contributed by atoms with E-state index in [1.807, 2.05) is 30.3 Å². The lowest BCUT2D eigenvalue weighted by molar-refractivity contribution is 0.413. The number of allylic oxidation sites excluding steroid dienone is 1. The van der Waals surface area contributed by atoms with Crippen LogP contribution in [-0.2, 0) is 0 Å². The maximum atomic E-state index is 5.20. The second kappa shape index (κ2) is 6.01. The molecule has 0 saturated carbocycles. The van der Waals surface area contributed by atoms with Crippen LogP contribution in [0.4, 0.5) is 0 Å². The molecule has 0 amide bonds. The number of pyridine rings is 1. The van der Waals surface area contributed by atoms with Crippen molar-refractivity contribution >= 4 is 6.08 Å². The van der Waals surface area contributed by atoms with E-state index in [1.54, 1.807) is 13.3 Å². The summed E-state index contributed by atoms with van der Waals surface area (Å²) in [6.45, 7) is 2.13. The van der Waals surface area contributed by atoms with Crippen molar-refractivity contribution in [1.29, 1.82) is 0 Å². The van der Waals surface area contributed by atoms with Crippen LogP contribution in [0.2, 0.25) is 0 Å². The van der Waals surface area contributed by atoms with Gasteiger partial charge in [0.1, 0.15) is 5.75 Å². The fraction of sp³-hybridized carbons (Fsp3) is 0.188. The van der Waals surface area contributed by atoms with Gasteiger partial charge in [0.05, 0.1) is 12.8 Å². The molecule has 0 saturated heterocycles. The number of ether oxygens (including phenoxy) is 1. The van der Waals surface area contributed by atoms with E-state index in [0.717, 1.165) is 11.4 Å². The van der Waals surface area contributed by atoms with Crippen LogP contribution in [0.25, 0.3) is 6.08 Å². The molecule has 1 atom stereocenters. The largest absolute Gasteiger partial charge is 0.497 e. The highest BCUT2D eigenvalue weighted by atomic mass is 16.5. The number of rotatable bonds is 4. The highest BCUT2D eigenvalue weighted by Crippen LogP contribution is 2.19. The molecule has 1 unspecified atom stereocenters. The van der Waals surface area contributed by atoms with Crippen LogP contribution in [0, 0.1) is 0 Å². The van der Waals surface area contributed by atoms with Crippen LogP contribution in [-0.4, -0.2) is 12.1 Å². The van der Waals surface area contributed by atoms with Crippen LogP contribution in [0.3, 0.4) is 0 Å². The monoisotopic (exact) mass is 239 g/mol. The Hall–Kier alpha value is -2.09. The molecule has 0 N–H and O–H groups in total. The third kappa shape index (κ3) is 3.20. The molecule has 2 heteroatoms. The lowest BCUT2D eigenvalue weighted by Crippen LogP contribution is -1.94. The van der Waals surface area contributed by atoms with Crippen LogP contribution in [0.1, 0.15) is 24.1 Å². The second-order valence-corrected chi connectivity index (χ2v) is 4.18. The quantitative estimate of drug-likeness (QED) is 0.807. The molecule has 1 heterocycles. The summed E-state index contributed by atoms with van der Waals surface area (Å²) < 4.78 is 5.20. The Kier molecular flexibility index (Phi) is 4.13. The molecule has 0 fully saturated rings. The Balaban J connectivity index is 2.11. The predicted molar refractivity (Wildman–Crippen MR) is 74.7 cm³/mol. The Labute approximate surface area is 108 Å². The lowest BCUT2D eigenvalue weighted by Gasteiger charge is -2.07. The van der Waals surface area contributed by atoms with Crippen molar-refractivity contribution in [1.82, 2.24) is 4.98 Å². The Morgan fingerprint density at radius 3 is 2.67 bits per heavy atom. The summed E-state index contributed by atoms with van der Waals surface area (Å²) >= 11 is 0. The maximum absolute atomic E-state index is 5.20. The number of methoxy groups -OCH3 is 1. The first-order chi connectivity index (χ1) is 8.79. The summed E-state index contributed by atoms with van der Waals surface area (Å²) in [7, 11) is 1.67. The van der Waals surface area contributed by atoms with E-state index in [1.165, 1.54) is 5.56 Å². The summed E-state index contributed by atoms with van der Waals surface area (Å²) in [5.74, 6) is 1.11. The third-order valence-electron chi connectivity index (χ3n) is 2.83. The van der Waals surface area contributed by atoms with Gasteiger partial charge in [-0.15, -0.1) is 0 Å². The molecule has 18 heavy (non-hydrogen) atoms. The topological polar surface area (TPSA) is 22.1 Å². The number of hydrogen-bond donors (Lipinski definition) is 0. The Morgan fingerprint density at radius 2 is 1.94 bits per heavy atom. The predicted octanol–water partition coefficient (Wildman–Crippen LogP) is 3.91. The highest BCUT2D eigenvalue weighted by molar-refractivity contribution is 5.50. The third-order valence-corrected chi connectivity index (χ3v) is 2.83. The molecule has 1 aromatic heterocycles. The fourth-order valence-corrected chi connectivity index (χ4v) is 1.72. The van der Waals surface area contributed by atoms with Gasteiger partial charge in [0, 0.05) is 18.2 Å². The first-order valence-electron chi connectivity index (χ1n) is 6.03. The summed E-state index contributed by atoms with van der Waals surface area (Å²) in [4.78, 5) is 4.37. The molecule has 92 valence electrons. The van der Waals surface area contributed by atoms with Crippen molar-refractivity contribution in [2.45, 2.75) is 12.8 Å². The molecule has 0 aliphatic rings. The van der Waals surface area contributed by atoms with Crippen molar-refractivity contribution in [2.24, 2.45) is 0 Å². The van der Waals surface area contributed by atoms with Crippen LogP contribution in [0.15, 0.2) is 54.7 Å². The molecule has 2 aromatic rings. The molecule has 0 radical (unpaired) electrons. The average Bonchev–Trinajstić information content (AvgIpc) is 2.46.